The highest BCUT2D eigenvalue weighted by atomic mass is 19.1. The van der Waals surface area contributed by atoms with E-state index >= 15 is 0 Å². The van der Waals surface area contributed by atoms with Crippen LogP contribution in [0.5, 0.6) is 0 Å². The van der Waals surface area contributed by atoms with Crippen molar-refractivity contribution in [2.75, 3.05) is 25.0 Å². The Labute approximate surface area is 196 Å². The molecule has 0 unspecified atom stereocenters. The first-order valence-electron chi connectivity index (χ1n) is 11.2. The maximum Gasteiger partial charge on any atom is 0.134 e. The summed E-state index contributed by atoms with van der Waals surface area (Å²) in [6.45, 7) is 1.61. The SMILES string of the molecule is CN=C(N)c1ccc(-c2nccnc2C2CCN(c3ccc4cc(F)ccc4n3)CC2)cc1F. The number of halogens is 2. The third kappa shape index (κ3) is 4.19. The second-order valence-electron chi connectivity index (χ2n) is 8.36. The van der Waals surface area contributed by atoms with Crippen molar-refractivity contribution >= 4 is 22.6 Å². The molecule has 2 aromatic carbocycles. The lowest BCUT2D eigenvalue weighted by atomic mass is 9.90. The quantitative estimate of drug-likeness (QED) is 0.355. The Morgan fingerprint density at radius 3 is 2.56 bits per heavy atom. The molecular formula is C26H24F2N6. The van der Waals surface area contributed by atoms with Gasteiger partial charge in [-0.05, 0) is 55.3 Å². The van der Waals surface area contributed by atoms with Gasteiger partial charge in [-0.3, -0.25) is 15.0 Å². The third-order valence-corrected chi connectivity index (χ3v) is 6.33. The average molecular weight is 459 g/mol. The average Bonchev–Trinajstić information content (AvgIpc) is 2.88. The first-order valence-corrected chi connectivity index (χ1v) is 11.2. The van der Waals surface area contributed by atoms with Crippen LogP contribution in [0.15, 0.2) is 65.9 Å². The van der Waals surface area contributed by atoms with Crippen LogP contribution in [0.3, 0.4) is 0 Å². The second-order valence-corrected chi connectivity index (χ2v) is 8.36. The summed E-state index contributed by atoms with van der Waals surface area (Å²) in [5.41, 5.74) is 9.05. The highest BCUT2D eigenvalue weighted by molar-refractivity contribution is 5.98. The van der Waals surface area contributed by atoms with E-state index in [1.165, 1.54) is 25.2 Å². The number of nitrogens with zero attached hydrogens (tertiary/aromatic N) is 5. The molecule has 172 valence electrons. The van der Waals surface area contributed by atoms with Crippen molar-refractivity contribution in [1.29, 1.82) is 0 Å². The van der Waals surface area contributed by atoms with Crippen LogP contribution in [-0.4, -0.2) is 40.9 Å². The van der Waals surface area contributed by atoms with Gasteiger partial charge in [0.2, 0.25) is 0 Å². The molecule has 2 aromatic heterocycles. The molecule has 1 aliphatic heterocycles. The lowest BCUT2D eigenvalue weighted by molar-refractivity contribution is 0.494. The van der Waals surface area contributed by atoms with Gasteiger partial charge in [0.05, 0.1) is 22.5 Å². The number of nitrogens with two attached hydrogens (primary N) is 1. The summed E-state index contributed by atoms with van der Waals surface area (Å²) in [5, 5.41) is 0.785. The fraction of sp³-hybridized carbons (Fsp3) is 0.231. The molecule has 8 heteroatoms. The maximum absolute atomic E-state index is 14.7. The number of hydrogen-bond acceptors (Lipinski definition) is 5. The van der Waals surface area contributed by atoms with Crippen molar-refractivity contribution < 1.29 is 8.78 Å². The van der Waals surface area contributed by atoms with Crippen molar-refractivity contribution in [2.45, 2.75) is 18.8 Å². The van der Waals surface area contributed by atoms with Crippen molar-refractivity contribution in [3.05, 3.63) is 83.8 Å². The van der Waals surface area contributed by atoms with Crippen LogP contribution in [0.4, 0.5) is 14.6 Å². The zero-order valence-corrected chi connectivity index (χ0v) is 18.7. The fourth-order valence-corrected chi connectivity index (χ4v) is 4.50. The van der Waals surface area contributed by atoms with Crippen molar-refractivity contribution in [1.82, 2.24) is 15.0 Å². The van der Waals surface area contributed by atoms with Crippen molar-refractivity contribution in [3.8, 4) is 11.3 Å². The normalized spacial score (nSPS) is 15.1. The summed E-state index contributed by atoms with van der Waals surface area (Å²) < 4.78 is 28.1. The van der Waals surface area contributed by atoms with E-state index in [2.05, 4.69) is 19.9 Å². The number of hydrogen-bond donors (Lipinski definition) is 1. The molecule has 1 saturated heterocycles. The molecule has 6 nitrogen and oxygen atoms in total. The molecule has 2 N–H and O–H groups in total. The summed E-state index contributed by atoms with van der Waals surface area (Å²) in [4.78, 5) is 20.0. The van der Waals surface area contributed by atoms with E-state index in [4.69, 9.17) is 10.7 Å². The minimum atomic E-state index is -0.436. The van der Waals surface area contributed by atoms with Gasteiger partial charge >= 0.3 is 0 Å². The van der Waals surface area contributed by atoms with Crippen molar-refractivity contribution in [3.63, 3.8) is 0 Å². The van der Waals surface area contributed by atoms with E-state index in [1.807, 2.05) is 12.1 Å². The molecule has 0 amide bonds. The van der Waals surface area contributed by atoms with Gasteiger partial charge in [0.25, 0.3) is 0 Å². The summed E-state index contributed by atoms with van der Waals surface area (Å²) in [5.74, 6) is 0.529. The van der Waals surface area contributed by atoms with Gasteiger partial charge in [0, 0.05) is 49.4 Å². The molecule has 3 heterocycles. The van der Waals surface area contributed by atoms with Gasteiger partial charge in [-0.15, -0.1) is 0 Å². The fourth-order valence-electron chi connectivity index (χ4n) is 4.50. The van der Waals surface area contributed by atoms with Gasteiger partial charge in [-0.25, -0.2) is 13.8 Å². The van der Waals surface area contributed by atoms with Gasteiger partial charge in [-0.1, -0.05) is 6.07 Å². The molecule has 0 radical (unpaired) electrons. The molecule has 0 aliphatic carbocycles. The van der Waals surface area contributed by atoms with Crippen LogP contribution in [0, 0.1) is 11.6 Å². The van der Waals surface area contributed by atoms with Gasteiger partial charge < -0.3 is 10.6 Å². The summed E-state index contributed by atoms with van der Waals surface area (Å²) in [6.07, 6.45) is 5.04. The van der Waals surface area contributed by atoms with E-state index in [-0.39, 0.29) is 23.1 Å². The molecule has 0 bridgehead atoms. The standard InChI is InChI=1S/C26H24F2N6/c1-30-26(29)20-5-2-18(15-21(20)28)25-24(31-10-11-32-25)16-8-12-34(13-9-16)23-7-3-17-14-19(27)4-6-22(17)33-23/h2-7,10-11,14-16H,8-9,12-13H2,1H3,(H2,29,30). The van der Waals surface area contributed by atoms with E-state index in [0.29, 0.717) is 11.3 Å². The molecule has 0 spiro atoms. The lowest BCUT2D eigenvalue weighted by Crippen LogP contribution is -2.33. The Morgan fingerprint density at radius 1 is 1.00 bits per heavy atom. The monoisotopic (exact) mass is 458 g/mol. The van der Waals surface area contributed by atoms with E-state index < -0.39 is 5.82 Å². The first-order chi connectivity index (χ1) is 16.5. The van der Waals surface area contributed by atoms with Crippen LogP contribution in [-0.2, 0) is 0 Å². The smallest absolute Gasteiger partial charge is 0.134 e. The van der Waals surface area contributed by atoms with Crippen molar-refractivity contribution in [2.24, 2.45) is 10.7 Å². The van der Waals surface area contributed by atoms with Crippen LogP contribution in [0.1, 0.15) is 30.0 Å². The summed E-state index contributed by atoms with van der Waals surface area (Å²) in [6, 6.07) is 13.3. The molecular weight excluding hydrogens is 434 g/mol. The minimum absolute atomic E-state index is 0.156. The molecule has 1 fully saturated rings. The van der Waals surface area contributed by atoms with Crippen LogP contribution in [0.2, 0.25) is 0 Å². The molecule has 5 rings (SSSR count). The highest BCUT2D eigenvalue weighted by Gasteiger charge is 2.26. The van der Waals surface area contributed by atoms with Crippen LogP contribution >= 0.6 is 0 Å². The van der Waals surface area contributed by atoms with E-state index in [0.717, 1.165) is 48.3 Å². The third-order valence-electron chi connectivity index (χ3n) is 6.33. The largest absolute Gasteiger partial charge is 0.383 e. The number of rotatable bonds is 4. The van der Waals surface area contributed by atoms with E-state index in [9.17, 15) is 8.78 Å². The number of anilines is 1. The Kier molecular flexibility index (Phi) is 5.88. The molecule has 4 aromatic rings. The summed E-state index contributed by atoms with van der Waals surface area (Å²) >= 11 is 0. The zero-order valence-electron chi connectivity index (χ0n) is 18.7. The number of pyridine rings is 1. The number of benzene rings is 2. The first kappa shape index (κ1) is 21.9. The second kappa shape index (κ2) is 9.13. The Morgan fingerprint density at radius 2 is 1.79 bits per heavy atom. The number of piperidine rings is 1. The van der Waals surface area contributed by atoms with Crippen LogP contribution < -0.4 is 10.6 Å². The maximum atomic E-state index is 14.7. The van der Waals surface area contributed by atoms with Gasteiger partial charge in [-0.2, -0.15) is 0 Å². The summed E-state index contributed by atoms with van der Waals surface area (Å²) in [7, 11) is 1.53. The Bertz CT molecular complexity index is 1380. The molecule has 0 saturated carbocycles. The van der Waals surface area contributed by atoms with Gasteiger partial charge in [0.1, 0.15) is 23.3 Å². The topological polar surface area (TPSA) is 80.3 Å². The number of fused-ring (bicyclic) bond motifs is 1. The van der Waals surface area contributed by atoms with E-state index in [1.54, 1.807) is 30.6 Å². The predicted octanol–water partition coefficient (Wildman–Crippen LogP) is 4.69. The Hall–Kier alpha value is -3.94. The highest BCUT2D eigenvalue weighted by Crippen LogP contribution is 2.34. The number of aromatic nitrogens is 3. The molecule has 0 atom stereocenters. The molecule has 34 heavy (non-hydrogen) atoms. The lowest BCUT2D eigenvalue weighted by Gasteiger charge is -2.33. The van der Waals surface area contributed by atoms with Gasteiger partial charge in [0.15, 0.2) is 0 Å². The number of aliphatic imine (C=N–C) groups is 1. The van der Waals surface area contributed by atoms with Crippen LogP contribution in [0.25, 0.3) is 22.2 Å². The number of amidine groups is 1. The minimum Gasteiger partial charge on any atom is -0.383 e. The predicted molar refractivity (Wildman–Crippen MR) is 130 cm³/mol. The Balaban J connectivity index is 1.36. The zero-order chi connectivity index (χ0) is 23.7. The molecule has 1 aliphatic rings.